The average molecular weight is 341 g/mol. The molecule has 0 fully saturated rings. The first-order chi connectivity index (χ1) is 10.2. The summed E-state index contributed by atoms with van der Waals surface area (Å²) in [7, 11) is 1.40. The van der Waals surface area contributed by atoms with Gasteiger partial charge in [0.15, 0.2) is 0 Å². The number of carbonyl (C=O) groups excluding carboxylic acids is 1. The van der Waals surface area contributed by atoms with E-state index < -0.39 is 0 Å². The van der Waals surface area contributed by atoms with E-state index in [2.05, 4.69) is 34.1 Å². The summed E-state index contributed by atoms with van der Waals surface area (Å²) in [5.74, 6) is -0.328. The van der Waals surface area contributed by atoms with Crippen molar-refractivity contribution in [2.24, 2.45) is 0 Å². The molecule has 0 aromatic heterocycles. The van der Waals surface area contributed by atoms with E-state index in [4.69, 9.17) is 4.74 Å². The SMILES string of the molecule is COC(=O)c1ccc(Br)cc1-c1cccc2ccccc12. The maximum Gasteiger partial charge on any atom is 0.338 e. The third-order valence-electron chi connectivity index (χ3n) is 3.47. The second-order valence-corrected chi connectivity index (χ2v) is 5.62. The van der Waals surface area contributed by atoms with Crippen molar-refractivity contribution in [1.29, 1.82) is 0 Å². The largest absolute Gasteiger partial charge is 0.465 e. The van der Waals surface area contributed by atoms with Gasteiger partial charge in [-0.15, -0.1) is 0 Å². The first-order valence-electron chi connectivity index (χ1n) is 6.56. The minimum Gasteiger partial charge on any atom is -0.465 e. The molecule has 0 saturated carbocycles. The Labute approximate surface area is 131 Å². The molecule has 0 spiro atoms. The van der Waals surface area contributed by atoms with E-state index in [0.29, 0.717) is 5.56 Å². The topological polar surface area (TPSA) is 26.3 Å². The van der Waals surface area contributed by atoms with Gasteiger partial charge in [0.2, 0.25) is 0 Å². The summed E-state index contributed by atoms with van der Waals surface area (Å²) in [6.07, 6.45) is 0. The smallest absolute Gasteiger partial charge is 0.338 e. The van der Waals surface area contributed by atoms with Gasteiger partial charge in [0.05, 0.1) is 12.7 Å². The zero-order valence-electron chi connectivity index (χ0n) is 11.5. The number of esters is 1. The van der Waals surface area contributed by atoms with Crippen LogP contribution in [-0.2, 0) is 4.74 Å². The van der Waals surface area contributed by atoms with Gasteiger partial charge in [-0.2, -0.15) is 0 Å². The summed E-state index contributed by atoms with van der Waals surface area (Å²) in [5, 5.41) is 2.26. The van der Waals surface area contributed by atoms with E-state index in [9.17, 15) is 4.79 Å². The number of hydrogen-bond donors (Lipinski definition) is 0. The first kappa shape index (κ1) is 13.8. The van der Waals surface area contributed by atoms with E-state index in [-0.39, 0.29) is 5.97 Å². The Hall–Kier alpha value is -2.13. The molecule has 0 radical (unpaired) electrons. The Morgan fingerprint density at radius 1 is 0.952 bits per heavy atom. The number of ether oxygens (including phenoxy) is 1. The zero-order valence-corrected chi connectivity index (χ0v) is 13.1. The predicted octanol–water partition coefficient (Wildman–Crippen LogP) is 5.06. The second kappa shape index (κ2) is 5.70. The van der Waals surface area contributed by atoms with Gasteiger partial charge < -0.3 is 4.74 Å². The highest BCUT2D eigenvalue weighted by atomic mass is 79.9. The molecular weight excluding hydrogens is 328 g/mol. The van der Waals surface area contributed by atoms with Crippen LogP contribution in [-0.4, -0.2) is 13.1 Å². The van der Waals surface area contributed by atoms with Gasteiger partial charge in [-0.05, 0) is 40.1 Å². The molecule has 0 saturated heterocycles. The highest BCUT2D eigenvalue weighted by molar-refractivity contribution is 9.10. The van der Waals surface area contributed by atoms with Crippen LogP contribution in [0.25, 0.3) is 21.9 Å². The van der Waals surface area contributed by atoms with Crippen molar-refractivity contribution in [3.8, 4) is 11.1 Å². The normalized spacial score (nSPS) is 10.6. The Balaban J connectivity index is 2.32. The minimum atomic E-state index is -0.328. The number of hydrogen-bond acceptors (Lipinski definition) is 2. The van der Waals surface area contributed by atoms with Crippen molar-refractivity contribution < 1.29 is 9.53 Å². The van der Waals surface area contributed by atoms with Crippen LogP contribution in [0.2, 0.25) is 0 Å². The lowest BCUT2D eigenvalue weighted by atomic mass is 9.95. The van der Waals surface area contributed by atoms with Crippen molar-refractivity contribution >= 4 is 32.7 Å². The van der Waals surface area contributed by atoms with E-state index in [1.807, 2.05) is 36.4 Å². The van der Waals surface area contributed by atoms with Crippen molar-refractivity contribution in [2.45, 2.75) is 0 Å². The Morgan fingerprint density at radius 3 is 2.52 bits per heavy atom. The summed E-state index contributed by atoms with van der Waals surface area (Å²) in [6, 6.07) is 19.8. The average Bonchev–Trinajstić information content (AvgIpc) is 2.53. The summed E-state index contributed by atoms with van der Waals surface area (Å²) in [4.78, 5) is 12.0. The third-order valence-corrected chi connectivity index (χ3v) is 3.96. The summed E-state index contributed by atoms with van der Waals surface area (Å²) in [5.41, 5.74) is 2.46. The van der Waals surface area contributed by atoms with Crippen LogP contribution >= 0.6 is 15.9 Å². The maximum absolute atomic E-state index is 12.0. The molecule has 104 valence electrons. The van der Waals surface area contributed by atoms with E-state index in [0.717, 1.165) is 26.4 Å². The van der Waals surface area contributed by atoms with Crippen LogP contribution < -0.4 is 0 Å². The molecule has 21 heavy (non-hydrogen) atoms. The van der Waals surface area contributed by atoms with Gasteiger partial charge in [0.25, 0.3) is 0 Å². The van der Waals surface area contributed by atoms with Crippen LogP contribution in [0.15, 0.2) is 65.1 Å². The lowest BCUT2D eigenvalue weighted by Crippen LogP contribution is -2.03. The number of halogens is 1. The highest BCUT2D eigenvalue weighted by Crippen LogP contribution is 2.33. The molecule has 3 rings (SSSR count). The van der Waals surface area contributed by atoms with Gasteiger partial charge >= 0.3 is 5.97 Å². The zero-order chi connectivity index (χ0) is 14.8. The van der Waals surface area contributed by atoms with Gasteiger partial charge in [0, 0.05) is 4.47 Å². The molecular formula is C18H13BrO2. The van der Waals surface area contributed by atoms with Gasteiger partial charge in [-0.25, -0.2) is 4.79 Å². The first-order valence-corrected chi connectivity index (χ1v) is 7.36. The molecule has 0 aliphatic carbocycles. The number of methoxy groups -OCH3 is 1. The lowest BCUT2D eigenvalue weighted by Gasteiger charge is -2.11. The van der Waals surface area contributed by atoms with Crippen molar-refractivity contribution in [3.63, 3.8) is 0 Å². The van der Waals surface area contributed by atoms with E-state index >= 15 is 0 Å². The van der Waals surface area contributed by atoms with Gasteiger partial charge in [-0.3, -0.25) is 0 Å². The quantitative estimate of drug-likeness (QED) is 0.609. The molecule has 3 heteroatoms. The van der Waals surface area contributed by atoms with Crippen LogP contribution in [0.5, 0.6) is 0 Å². The molecule has 0 aliphatic rings. The Bertz CT molecular complexity index is 819. The predicted molar refractivity (Wildman–Crippen MR) is 88.4 cm³/mol. The van der Waals surface area contributed by atoms with E-state index in [1.165, 1.54) is 7.11 Å². The summed E-state index contributed by atoms with van der Waals surface area (Å²) < 4.78 is 5.82. The third kappa shape index (κ3) is 2.57. The monoisotopic (exact) mass is 340 g/mol. The summed E-state index contributed by atoms with van der Waals surface area (Å²) >= 11 is 3.48. The number of fused-ring (bicyclic) bond motifs is 1. The van der Waals surface area contributed by atoms with Crippen LogP contribution in [0.3, 0.4) is 0 Å². The van der Waals surface area contributed by atoms with Crippen LogP contribution in [0, 0.1) is 0 Å². The molecule has 0 N–H and O–H groups in total. The van der Waals surface area contributed by atoms with E-state index in [1.54, 1.807) is 6.07 Å². The Kier molecular flexibility index (Phi) is 3.76. The fourth-order valence-electron chi connectivity index (χ4n) is 2.49. The van der Waals surface area contributed by atoms with Gasteiger partial charge in [0.1, 0.15) is 0 Å². The van der Waals surface area contributed by atoms with Crippen LogP contribution in [0.4, 0.5) is 0 Å². The molecule has 0 aliphatic heterocycles. The molecule has 3 aromatic carbocycles. The molecule has 0 unspecified atom stereocenters. The molecule has 0 amide bonds. The molecule has 0 heterocycles. The maximum atomic E-state index is 12.0. The Morgan fingerprint density at radius 2 is 1.71 bits per heavy atom. The molecule has 2 nitrogen and oxygen atoms in total. The highest BCUT2D eigenvalue weighted by Gasteiger charge is 2.15. The van der Waals surface area contributed by atoms with Gasteiger partial charge in [-0.1, -0.05) is 58.4 Å². The number of benzene rings is 3. The van der Waals surface area contributed by atoms with Crippen LogP contribution in [0.1, 0.15) is 10.4 Å². The molecule has 3 aromatic rings. The fraction of sp³-hybridized carbons (Fsp3) is 0.0556. The lowest BCUT2D eigenvalue weighted by molar-refractivity contribution is 0.0601. The fourth-order valence-corrected chi connectivity index (χ4v) is 2.85. The number of carbonyl (C=O) groups is 1. The van der Waals surface area contributed by atoms with Crippen molar-refractivity contribution in [2.75, 3.05) is 7.11 Å². The molecule has 0 atom stereocenters. The standard InChI is InChI=1S/C18H13BrO2/c1-21-18(20)16-10-9-13(19)11-17(16)15-8-4-6-12-5-2-3-7-14(12)15/h2-11H,1H3. The number of rotatable bonds is 2. The van der Waals surface area contributed by atoms with Crippen molar-refractivity contribution in [3.05, 3.63) is 70.7 Å². The minimum absolute atomic E-state index is 0.328. The molecule has 0 bridgehead atoms. The van der Waals surface area contributed by atoms with Crippen molar-refractivity contribution in [1.82, 2.24) is 0 Å². The second-order valence-electron chi connectivity index (χ2n) is 4.71. The summed E-state index contributed by atoms with van der Waals surface area (Å²) in [6.45, 7) is 0.